The Bertz CT molecular complexity index is 1260. The molecular weight excluding hydrogens is 525 g/mol. The highest BCUT2D eigenvalue weighted by Crippen LogP contribution is 2.30. The lowest BCUT2D eigenvalue weighted by atomic mass is 10.1. The first-order valence-corrected chi connectivity index (χ1v) is 11.1. The maximum absolute atomic E-state index is 12.4. The molecule has 0 spiro atoms. The van der Waals surface area contributed by atoms with Gasteiger partial charge in [-0.2, -0.15) is 9.61 Å². The summed E-state index contributed by atoms with van der Waals surface area (Å²) in [6.07, 6.45) is 1.67. The van der Waals surface area contributed by atoms with Crippen molar-refractivity contribution >= 4 is 68.1 Å². The molecule has 0 atom stereocenters. The van der Waals surface area contributed by atoms with Gasteiger partial charge in [0.25, 0.3) is 5.91 Å². The van der Waals surface area contributed by atoms with Crippen molar-refractivity contribution in [3.05, 3.63) is 79.8 Å². The highest BCUT2D eigenvalue weighted by Gasteiger charge is 2.15. The fourth-order valence-electron chi connectivity index (χ4n) is 3.04. The van der Waals surface area contributed by atoms with Crippen molar-refractivity contribution in [2.75, 3.05) is 18.4 Å². The molecule has 0 unspecified atom stereocenters. The van der Waals surface area contributed by atoms with Gasteiger partial charge in [0, 0.05) is 29.7 Å². The van der Waals surface area contributed by atoms with Gasteiger partial charge in [0.1, 0.15) is 5.82 Å². The number of hydrogen-bond acceptors (Lipinski definition) is 4. The second-order valence-corrected chi connectivity index (χ2v) is 8.59. The fourth-order valence-corrected chi connectivity index (χ4v) is 4.19. The van der Waals surface area contributed by atoms with E-state index in [4.69, 9.17) is 34.8 Å². The fraction of sp³-hybridized carbons (Fsp3) is 0.0952. The molecule has 31 heavy (non-hydrogen) atoms. The summed E-state index contributed by atoms with van der Waals surface area (Å²) < 4.78 is 2.43. The third kappa shape index (κ3) is 4.65. The van der Waals surface area contributed by atoms with E-state index >= 15 is 0 Å². The summed E-state index contributed by atoms with van der Waals surface area (Å²) in [7, 11) is 0. The van der Waals surface area contributed by atoms with E-state index in [-0.39, 0.29) is 11.5 Å². The van der Waals surface area contributed by atoms with Crippen LogP contribution in [-0.4, -0.2) is 33.6 Å². The Morgan fingerprint density at radius 1 is 1.00 bits per heavy atom. The average molecular weight is 540 g/mol. The molecule has 0 saturated heterocycles. The van der Waals surface area contributed by atoms with E-state index in [2.05, 4.69) is 36.6 Å². The minimum atomic E-state index is -0.337. The molecule has 2 heterocycles. The van der Waals surface area contributed by atoms with Crippen LogP contribution in [-0.2, 0) is 0 Å². The number of nitrogens with one attached hydrogen (secondary N) is 2. The highest BCUT2D eigenvalue weighted by molar-refractivity contribution is 9.10. The number of amides is 1. The first-order valence-electron chi connectivity index (χ1n) is 9.21. The number of carbonyl (C=O) groups excluding carboxylic acids is 1. The monoisotopic (exact) mass is 537 g/mol. The Kier molecular flexibility index (Phi) is 6.67. The molecule has 4 rings (SSSR count). The largest absolute Gasteiger partial charge is 0.368 e. The Morgan fingerprint density at radius 2 is 1.71 bits per heavy atom. The summed E-state index contributed by atoms with van der Waals surface area (Å²) in [5.74, 6) is 0.367. The van der Waals surface area contributed by atoms with Gasteiger partial charge < -0.3 is 10.6 Å². The normalized spacial score (nSPS) is 11.0. The minimum absolute atomic E-state index is 0.258. The van der Waals surface area contributed by atoms with Gasteiger partial charge in [-0.15, -0.1) is 0 Å². The van der Waals surface area contributed by atoms with Gasteiger partial charge in [0.05, 0.1) is 32.0 Å². The van der Waals surface area contributed by atoms with Gasteiger partial charge in [-0.3, -0.25) is 4.79 Å². The van der Waals surface area contributed by atoms with E-state index in [0.717, 1.165) is 10.0 Å². The predicted molar refractivity (Wildman–Crippen MR) is 128 cm³/mol. The molecule has 10 heteroatoms. The zero-order valence-electron chi connectivity index (χ0n) is 15.9. The molecule has 6 nitrogen and oxygen atoms in total. The van der Waals surface area contributed by atoms with Crippen LogP contribution < -0.4 is 10.6 Å². The number of hydrogen-bond donors (Lipinski definition) is 2. The molecule has 1 amide bonds. The summed E-state index contributed by atoms with van der Waals surface area (Å²) in [5, 5.41) is 11.7. The Labute approximate surface area is 201 Å². The smallest absolute Gasteiger partial charge is 0.254 e. The van der Waals surface area contributed by atoms with Crippen LogP contribution in [0.1, 0.15) is 10.4 Å². The Balaban J connectivity index is 1.52. The summed E-state index contributed by atoms with van der Waals surface area (Å²) in [5.41, 5.74) is 2.42. The number of anilines is 1. The van der Waals surface area contributed by atoms with Crippen molar-refractivity contribution < 1.29 is 4.79 Å². The third-order valence-corrected chi connectivity index (χ3v) is 6.00. The quantitative estimate of drug-likeness (QED) is 0.297. The maximum Gasteiger partial charge on any atom is 0.254 e. The van der Waals surface area contributed by atoms with E-state index in [1.807, 2.05) is 30.3 Å². The molecule has 0 fully saturated rings. The van der Waals surface area contributed by atoms with Gasteiger partial charge in [0.15, 0.2) is 5.65 Å². The van der Waals surface area contributed by atoms with Crippen LogP contribution in [0.5, 0.6) is 0 Å². The van der Waals surface area contributed by atoms with Crippen molar-refractivity contribution in [3.63, 3.8) is 0 Å². The molecule has 158 valence electrons. The molecule has 2 N–H and O–H groups in total. The third-order valence-electron chi connectivity index (χ3n) is 4.49. The van der Waals surface area contributed by atoms with E-state index in [0.29, 0.717) is 45.3 Å². The lowest BCUT2D eigenvalue weighted by molar-refractivity contribution is 0.0955. The van der Waals surface area contributed by atoms with E-state index < -0.39 is 0 Å². The topological polar surface area (TPSA) is 71.3 Å². The number of aromatic nitrogens is 3. The summed E-state index contributed by atoms with van der Waals surface area (Å²) >= 11 is 22.0. The second-order valence-electron chi connectivity index (χ2n) is 6.51. The minimum Gasteiger partial charge on any atom is -0.368 e. The Hall–Kier alpha value is -2.32. The van der Waals surface area contributed by atoms with Crippen LogP contribution in [0, 0.1) is 0 Å². The van der Waals surface area contributed by atoms with Gasteiger partial charge in [-0.05, 0) is 34.1 Å². The van der Waals surface area contributed by atoms with E-state index in [1.54, 1.807) is 28.9 Å². The molecule has 4 aromatic rings. The molecule has 2 aromatic heterocycles. The van der Waals surface area contributed by atoms with Crippen molar-refractivity contribution in [1.82, 2.24) is 19.9 Å². The molecule has 0 aliphatic heterocycles. The van der Waals surface area contributed by atoms with Crippen molar-refractivity contribution in [2.24, 2.45) is 0 Å². The molecule has 0 saturated carbocycles. The molecular formula is C21H15BrCl3N5O. The van der Waals surface area contributed by atoms with Gasteiger partial charge >= 0.3 is 0 Å². The molecule has 0 radical (unpaired) electrons. The summed E-state index contributed by atoms with van der Waals surface area (Å²) in [6, 6.07) is 14.3. The standard InChI is InChI=1S/C21H15BrCl3N5O/c22-13-11-28-30-18(10-17(29-20(13)30)12-4-1-2-5-14(12)23)26-8-9-27-21(31)19-15(24)6-3-7-16(19)25/h1-7,10-11,26H,8-9H2,(H,27,31). The molecule has 0 aliphatic carbocycles. The zero-order valence-corrected chi connectivity index (χ0v) is 19.7. The number of nitrogens with zero attached hydrogens (tertiary/aromatic N) is 3. The maximum atomic E-state index is 12.4. The lowest BCUT2D eigenvalue weighted by Gasteiger charge is -2.12. The van der Waals surface area contributed by atoms with Crippen LogP contribution in [0.2, 0.25) is 15.1 Å². The number of halogens is 4. The van der Waals surface area contributed by atoms with Gasteiger partial charge in [0.2, 0.25) is 0 Å². The SMILES string of the molecule is O=C(NCCNc1cc(-c2ccccc2Cl)nc2c(Br)cnn12)c1c(Cl)cccc1Cl. The van der Waals surface area contributed by atoms with Gasteiger partial charge in [-0.25, -0.2) is 4.98 Å². The highest BCUT2D eigenvalue weighted by atomic mass is 79.9. The van der Waals surface area contributed by atoms with Gasteiger partial charge in [-0.1, -0.05) is 59.1 Å². The first kappa shape index (κ1) is 21.9. The van der Waals surface area contributed by atoms with E-state index in [1.165, 1.54) is 0 Å². The number of benzene rings is 2. The van der Waals surface area contributed by atoms with Crippen molar-refractivity contribution in [1.29, 1.82) is 0 Å². The zero-order chi connectivity index (χ0) is 22.0. The van der Waals surface area contributed by atoms with E-state index in [9.17, 15) is 4.79 Å². The predicted octanol–water partition coefficient (Wildman–Crippen LogP) is 5.96. The number of fused-ring (bicyclic) bond motifs is 1. The summed E-state index contributed by atoms with van der Waals surface area (Å²) in [6.45, 7) is 0.778. The molecule has 2 aromatic carbocycles. The number of carbonyl (C=O) groups is 1. The lowest BCUT2D eigenvalue weighted by Crippen LogP contribution is -2.29. The first-order chi connectivity index (χ1) is 15.0. The van der Waals surface area contributed by atoms with Crippen molar-refractivity contribution in [2.45, 2.75) is 0 Å². The molecule has 0 bridgehead atoms. The molecule has 0 aliphatic rings. The van der Waals surface area contributed by atoms with Crippen LogP contribution in [0.15, 0.2) is 59.2 Å². The van der Waals surface area contributed by atoms with Crippen LogP contribution in [0.4, 0.5) is 5.82 Å². The second kappa shape index (κ2) is 9.44. The van der Waals surface area contributed by atoms with Crippen LogP contribution in [0.25, 0.3) is 16.9 Å². The number of rotatable bonds is 6. The van der Waals surface area contributed by atoms with Crippen LogP contribution in [0.3, 0.4) is 0 Å². The van der Waals surface area contributed by atoms with Crippen molar-refractivity contribution in [3.8, 4) is 11.3 Å². The average Bonchev–Trinajstić information content (AvgIpc) is 3.12. The summed E-state index contributed by atoms with van der Waals surface area (Å²) in [4.78, 5) is 17.1. The Morgan fingerprint density at radius 3 is 2.45 bits per heavy atom. The van der Waals surface area contributed by atoms with Crippen LogP contribution >= 0.6 is 50.7 Å².